The van der Waals surface area contributed by atoms with Crippen LogP contribution in [0, 0.1) is 0 Å². The maximum Gasteiger partial charge on any atom is 0.261 e. The average molecular weight is 515 g/mol. The first-order valence-electron chi connectivity index (χ1n) is 10.6. The number of amides is 3. The molecule has 2 heterocycles. The normalized spacial score (nSPS) is 15.0. The first-order chi connectivity index (χ1) is 16.3. The van der Waals surface area contributed by atoms with E-state index in [9.17, 15) is 23.2 Å². The zero-order valence-corrected chi connectivity index (χ0v) is 20.0. The molecule has 12 heteroatoms. The molecule has 0 aliphatic carbocycles. The quantitative estimate of drug-likeness (QED) is 0.508. The lowest BCUT2D eigenvalue weighted by atomic mass is 10.2. The molecule has 3 rings (SSSR count). The van der Waals surface area contributed by atoms with Crippen molar-refractivity contribution in [1.82, 2.24) is 10.2 Å². The van der Waals surface area contributed by atoms with Gasteiger partial charge in [0.25, 0.3) is 18.2 Å². The van der Waals surface area contributed by atoms with Crippen molar-refractivity contribution >= 4 is 52.0 Å². The Kier molecular flexibility index (Phi) is 9.34. The summed E-state index contributed by atoms with van der Waals surface area (Å²) < 4.78 is 31.8. The molecule has 34 heavy (non-hydrogen) atoms. The van der Waals surface area contributed by atoms with Crippen LogP contribution in [0.3, 0.4) is 0 Å². The number of ether oxygens (including phenoxy) is 1. The number of carbonyl (C=O) groups is 3. The number of hydrogen-bond acceptors (Lipinski definition) is 6. The van der Waals surface area contributed by atoms with Gasteiger partial charge in [-0.05, 0) is 42.9 Å². The molecule has 1 saturated heterocycles. The summed E-state index contributed by atoms with van der Waals surface area (Å²) in [5.41, 5.74) is 1.10. The molecule has 2 aromatic rings. The molecule has 0 unspecified atom stereocenters. The van der Waals surface area contributed by atoms with E-state index in [4.69, 9.17) is 16.3 Å². The lowest BCUT2D eigenvalue weighted by molar-refractivity contribution is -0.125. The molecule has 0 spiro atoms. The van der Waals surface area contributed by atoms with Crippen molar-refractivity contribution in [2.45, 2.75) is 19.4 Å². The fraction of sp³-hybridized carbons (Fsp3) is 0.409. The summed E-state index contributed by atoms with van der Waals surface area (Å²) in [4.78, 5) is 40.7. The first-order valence-corrected chi connectivity index (χ1v) is 11.8. The maximum absolute atomic E-state index is 13.1. The number of benzene rings is 1. The fourth-order valence-electron chi connectivity index (χ4n) is 3.50. The Hall–Kier alpha value is -2.60. The van der Waals surface area contributed by atoms with E-state index in [1.165, 1.54) is 4.90 Å². The van der Waals surface area contributed by atoms with Crippen molar-refractivity contribution in [3.8, 4) is 0 Å². The molecule has 0 saturated carbocycles. The zero-order chi connectivity index (χ0) is 24.7. The number of nitrogens with one attached hydrogen (secondary N) is 2. The van der Waals surface area contributed by atoms with Gasteiger partial charge in [-0.15, -0.1) is 11.3 Å². The van der Waals surface area contributed by atoms with Crippen LogP contribution in [0.25, 0.3) is 0 Å². The minimum atomic E-state index is -2.65. The van der Waals surface area contributed by atoms with Crippen molar-refractivity contribution in [3.63, 3.8) is 0 Å². The van der Waals surface area contributed by atoms with Crippen LogP contribution in [0.15, 0.2) is 36.4 Å². The van der Waals surface area contributed by atoms with E-state index in [0.717, 1.165) is 11.3 Å². The topological polar surface area (TPSA) is 91.0 Å². The van der Waals surface area contributed by atoms with Crippen molar-refractivity contribution < 1.29 is 27.9 Å². The minimum absolute atomic E-state index is 0.0144. The van der Waals surface area contributed by atoms with Crippen molar-refractivity contribution in [3.05, 3.63) is 45.6 Å². The van der Waals surface area contributed by atoms with E-state index >= 15 is 0 Å². The molecule has 1 atom stereocenters. The van der Waals surface area contributed by atoms with Gasteiger partial charge in [-0.3, -0.25) is 19.3 Å². The highest BCUT2D eigenvalue weighted by molar-refractivity contribution is 7.18. The van der Waals surface area contributed by atoms with Gasteiger partial charge in [0.2, 0.25) is 5.91 Å². The smallest absolute Gasteiger partial charge is 0.261 e. The lowest BCUT2D eigenvalue weighted by Crippen LogP contribution is -2.52. The summed E-state index contributed by atoms with van der Waals surface area (Å²) in [7, 11) is 0. The standard InChI is InChI=1S/C22H25ClF2N4O4S/c1-2-28(12-19(24)25)16(11-26-22(32)17-7-8-18(23)34-17)21(31)27-14-3-5-15(6-4-14)29-9-10-33-13-20(29)30/h3-8,16,19H,2,9-13H2,1H3,(H,26,32)(H,27,31)/t16-/m0/s1. The third-order valence-electron chi connectivity index (χ3n) is 5.21. The van der Waals surface area contributed by atoms with Gasteiger partial charge in [-0.1, -0.05) is 18.5 Å². The number of halogens is 3. The molecule has 8 nitrogen and oxygen atoms in total. The summed E-state index contributed by atoms with van der Waals surface area (Å²) >= 11 is 6.94. The second-order valence-electron chi connectivity index (χ2n) is 7.44. The van der Waals surface area contributed by atoms with E-state index in [0.29, 0.717) is 33.7 Å². The SMILES string of the molecule is CCN(CC(F)F)[C@@H](CNC(=O)c1ccc(Cl)s1)C(=O)Nc1ccc(N2CCOCC2=O)cc1. The van der Waals surface area contributed by atoms with Crippen LogP contribution in [-0.2, 0) is 14.3 Å². The Morgan fingerprint density at radius 2 is 1.97 bits per heavy atom. The van der Waals surface area contributed by atoms with Gasteiger partial charge in [0, 0.05) is 24.5 Å². The van der Waals surface area contributed by atoms with E-state index in [-0.39, 0.29) is 25.6 Å². The Labute approximate surface area is 204 Å². The molecule has 3 amide bonds. The van der Waals surface area contributed by atoms with Crippen molar-refractivity contribution in [2.75, 3.05) is 49.6 Å². The fourth-order valence-corrected chi connectivity index (χ4v) is 4.46. The van der Waals surface area contributed by atoms with Crippen LogP contribution in [0.2, 0.25) is 4.34 Å². The van der Waals surface area contributed by atoms with Crippen LogP contribution in [0.5, 0.6) is 0 Å². The summed E-state index contributed by atoms with van der Waals surface area (Å²) in [6, 6.07) is 8.73. The summed E-state index contributed by atoms with van der Waals surface area (Å²) in [5, 5.41) is 5.35. The molecule has 1 aliphatic heterocycles. The maximum atomic E-state index is 13.1. The summed E-state index contributed by atoms with van der Waals surface area (Å²) in [6.07, 6.45) is -2.65. The molecule has 2 N–H and O–H groups in total. The van der Waals surface area contributed by atoms with Crippen LogP contribution < -0.4 is 15.5 Å². The number of thiophene rings is 1. The van der Waals surface area contributed by atoms with Crippen LogP contribution in [0.4, 0.5) is 20.2 Å². The van der Waals surface area contributed by atoms with Gasteiger partial charge in [0.05, 0.1) is 22.4 Å². The van der Waals surface area contributed by atoms with Gasteiger partial charge in [-0.25, -0.2) is 8.78 Å². The number of nitrogens with zero attached hydrogens (tertiary/aromatic N) is 2. The number of alkyl halides is 2. The predicted molar refractivity (Wildman–Crippen MR) is 127 cm³/mol. The van der Waals surface area contributed by atoms with Crippen molar-refractivity contribution in [2.24, 2.45) is 0 Å². The molecule has 1 fully saturated rings. The highest BCUT2D eigenvalue weighted by atomic mass is 35.5. The number of morpholine rings is 1. The average Bonchev–Trinajstić information content (AvgIpc) is 3.25. The van der Waals surface area contributed by atoms with E-state index in [1.807, 2.05) is 0 Å². The lowest BCUT2D eigenvalue weighted by Gasteiger charge is -2.30. The second-order valence-corrected chi connectivity index (χ2v) is 9.16. The third-order valence-corrected chi connectivity index (χ3v) is 6.44. The summed E-state index contributed by atoms with van der Waals surface area (Å²) in [6.45, 7) is 1.95. The highest BCUT2D eigenvalue weighted by Gasteiger charge is 2.28. The van der Waals surface area contributed by atoms with Crippen LogP contribution >= 0.6 is 22.9 Å². The zero-order valence-electron chi connectivity index (χ0n) is 18.4. The number of likely N-dealkylation sites (N-methyl/N-ethyl adjacent to an activating group) is 1. The van der Waals surface area contributed by atoms with Gasteiger partial charge >= 0.3 is 0 Å². The molecule has 0 radical (unpaired) electrons. The van der Waals surface area contributed by atoms with Crippen LogP contribution in [0.1, 0.15) is 16.6 Å². The Morgan fingerprint density at radius 1 is 1.24 bits per heavy atom. The van der Waals surface area contributed by atoms with Crippen molar-refractivity contribution in [1.29, 1.82) is 0 Å². The molecular weight excluding hydrogens is 490 g/mol. The Morgan fingerprint density at radius 3 is 2.56 bits per heavy atom. The van der Waals surface area contributed by atoms with E-state index in [2.05, 4.69) is 10.6 Å². The highest BCUT2D eigenvalue weighted by Crippen LogP contribution is 2.22. The Balaban J connectivity index is 1.69. The van der Waals surface area contributed by atoms with Gasteiger partial charge in [-0.2, -0.15) is 0 Å². The van der Waals surface area contributed by atoms with Crippen LogP contribution in [-0.4, -0.2) is 74.5 Å². The molecule has 184 valence electrons. The Bertz CT molecular complexity index is 1010. The molecule has 1 aliphatic rings. The first kappa shape index (κ1) is 26.0. The summed E-state index contributed by atoms with van der Waals surface area (Å²) in [5.74, 6) is -1.14. The predicted octanol–water partition coefficient (Wildman–Crippen LogP) is 3.09. The largest absolute Gasteiger partial charge is 0.370 e. The number of anilines is 2. The molecule has 0 bridgehead atoms. The molecular formula is C22H25ClF2N4O4S. The number of carbonyl (C=O) groups excluding carboxylic acids is 3. The molecule has 1 aromatic carbocycles. The second kappa shape index (κ2) is 12.2. The number of rotatable bonds is 10. The third kappa shape index (κ3) is 6.95. The van der Waals surface area contributed by atoms with E-state index in [1.54, 1.807) is 48.2 Å². The van der Waals surface area contributed by atoms with Gasteiger partial charge < -0.3 is 20.3 Å². The van der Waals surface area contributed by atoms with E-state index < -0.39 is 30.8 Å². The molecule has 1 aromatic heterocycles. The monoisotopic (exact) mass is 514 g/mol. The van der Waals surface area contributed by atoms with Gasteiger partial charge in [0.15, 0.2) is 0 Å². The van der Waals surface area contributed by atoms with Gasteiger partial charge in [0.1, 0.15) is 12.6 Å². The minimum Gasteiger partial charge on any atom is -0.370 e. The number of hydrogen-bond donors (Lipinski definition) is 2.